The molecule has 2 atom stereocenters. The maximum absolute atomic E-state index is 12.6. The standard InChI is InChI=1S/C20H29F3N2O2.2ClH/c1-15-13-25(11-10-24-15)14-18(19(26)8-3-2-4-9-19)16-6-5-7-17(12-16)27-20(21,22)23;;/h5-7,12,15,18,24,26H,2-4,8-11,13-14H2,1H3;2*1H/t15-,18?;;/m1../s1. The first-order valence-electron chi connectivity index (χ1n) is 9.79. The Morgan fingerprint density at radius 1 is 1.24 bits per heavy atom. The highest BCUT2D eigenvalue weighted by molar-refractivity contribution is 5.85. The van der Waals surface area contributed by atoms with Crippen LogP contribution in [0.3, 0.4) is 0 Å². The monoisotopic (exact) mass is 458 g/mol. The van der Waals surface area contributed by atoms with E-state index in [2.05, 4.69) is 21.9 Å². The van der Waals surface area contributed by atoms with E-state index in [1.54, 1.807) is 6.07 Å². The fourth-order valence-electron chi connectivity index (χ4n) is 4.46. The van der Waals surface area contributed by atoms with Gasteiger partial charge >= 0.3 is 6.36 Å². The topological polar surface area (TPSA) is 44.7 Å². The molecule has 1 heterocycles. The average molecular weight is 459 g/mol. The molecule has 1 aromatic rings. The lowest BCUT2D eigenvalue weighted by atomic mass is 9.72. The summed E-state index contributed by atoms with van der Waals surface area (Å²) in [6, 6.07) is 6.50. The molecule has 0 aromatic heterocycles. The smallest absolute Gasteiger partial charge is 0.406 e. The van der Waals surface area contributed by atoms with Crippen molar-refractivity contribution in [3.05, 3.63) is 29.8 Å². The average Bonchev–Trinajstić information content (AvgIpc) is 2.59. The lowest BCUT2D eigenvalue weighted by Crippen LogP contribution is -2.52. The number of hydrogen-bond acceptors (Lipinski definition) is 4. The largest absolute Gasteiger partial charge is 0.573 e. The summed E-state index contributed by atoms with van der Waals surface area (Å²) in [5.74, 6) is -0.460. The molecule has 0 spiro atoms. The molecule has 1 saturated carbocycles. The van der Waals surface area contributed by atoms with Crippen LogP contribution in [0.4, 0.5) is 13.2 Å². The van der Waals surface area contributed by atoms with Crippen LogP contribution in [0.15, 0.2) is 24.3 Å². The number of nitrogens with one attached hydrogen (secondary N) is 1. The van der Waals surface area contributed by atoms with Crippen molar-refractivity contribution in [2.75, 3.05) is 26.2 Å². The Kier molecular flexibility index (Phi) is 10.0. The van der Waals surface area contributed by atoms with Crippen LogP contribution in [-0.2, 0) is 0 Å². The van der Waals surface area contributed by atoms with E-state index in [0.29, 0.717) is 31.0 Å². The number of alkyl halides is 3. The molecule has 1 unspecified atom stereocenters. The Labute approximate surface area is 183 Å². The number of nitrogens with zero attached hydrogens (tertiary/aromatic N) is 1. The van der Waals surface area contributed by atoms with Crippen LogP contribution in [-0.4, -0.2) is 54.2 Å². The van der Waals surface area contributed by atoms with E-state index in [4.69, 9.17) is 0 Å². The number of aliphatic hydroxyl groups is 1. The normalized spacial score (nSPS) is 23.4. The van der Waals surface area contributed by atoms with Crippen molar-refractivity contribution in [1.29, 1.82) is 0 Å². The lowest BCUT2D eigenvalue weighted by Gasteiger charge is -2.43. The van der Waals surface area contributed by atoms with Gasteiger partial charge in [0.1, 0.15) is 5.75 Å². The molecular formula is C20H31Cl2F3N2O2. The second-order valence-corrected chi connectivity index (χ2v) is 7.95. The fourth-order valence-corrected chi connectivity index (χ4v) is 4.46. The molecule has 1 aliphatic carbocycles. The summed E-state index contributed by atoms with van der Waals surface area (Å²) in [6.45, 7) is 5.37. The minimum absolute atomic E-state index is 0. The van der Waals surface area contributed by atoms with E-state index in [1.165, 1.54) is 12.1 Å². The Balaban J connectivity index is 0.00000210. The molecule has 2 aliphatic rings. The summed E-state index contributed by atoms with van der Waals surface area (Å²) in [5.41, 5.74) is -0.171. The van der Waals surface area contributed by atoms with Crippen molar-refractivity contribution in [2.45, 2.75) is 63.0 Å². The van der Waals surface area contributed by atoms with Gasteiger partial charge in [0.15, 0.2) is 0 Å². The first-order valence-corrected chi connectivity index (χ1v) is 9.79. The van der Waals surface area contributed by atoms with Crippen molar-refractivity contribution in [1.82, 2.24) is 10.2 Å². The molecule has 1 aliphatic heterocycles. The van der Waals surface area contributed by atoms with Crippen LogP contribution in [0, 0.1) is 0 Å². The number of benzene rings is 1. The second-order valence-electron chi connectivity index (χ2n) is 7.95. The molecule has 1 aromatic carbocycles. The van der Waals surface area contributed by atoms with Crippen LogP contribution in [0.2, 0.25) is 0 Å². The third-order valence-corrected chi connectivity index (χ3v) is 5.76. The van der Waals surface area contributed by atoms with Crippen LogP contribution in [0.1, 0.15) is 50.5 Å². The molecule has 3 rings (SSSR count). The molecule has 29 heavy (non-hydrogen) atoms. The van der Waals surface area contributed by atoms with Crippen molar-refractivity contribution in [2.24, 2.45) is 0 Å². The van der Waals surface area contributed by atoms with Gasteiger partial charge in [0.05, 0.1) is 5.60 Å². The summed E-state index contributed by atoms with van der Waals surface area (Å²) in [6.07, 6.45) is -0.360. The van der Waals surface area contributed by atoms with Crippen molar-refractivity contribution < 1.29 is 23.0 Å². The highest BCUT2D eigenvalue weighted by Gasteiger charge is 2.40. The van der Waals surface area contributed by atoms with Gasteiger partial charge in [0.25, 0.3) is 0 Å². The number of ether oxygens (including phenoxy) is 1. The molecule has 4 nitrogen and oxygen atoms in total. The van der Waals surface area contributed by atoms with Gasteiger partial charge in [-0.25, -0.2) is 0 Å². The van der Waals surface area contributed by atoms with Gasteiger partial charge in [-0.2, -0.15) is 0 Å². The molecule has 2 fully saturated rings. The number of piperazine rings is 1. The molecule has 0 radical (unpaired) electrons. The van der Waals surface area contributed by atoms with Crippen LogP contribution in [0.5, 0.6) is 5.75 Å². The van der Waals surface area contributed by atoms with E-state index < -0.39 is 12.0 Å². The molecule has 9 heteroatoms. The highest BCUT2D eigenvalue weighted by Crippen LogP contribution is 2.41. The van der Waals surface area contributed by atoms with Gasteiger partial charge in [-0.15, -0.1) is 38.0 Å². The van der Waals surface area contributed by atoms with E-state index >= 15 is 0 Å². The quantitative estimate of drug-likeness (QED) is 0.681. The van der Waals surface area contributed by atoms with Gasteiger partial charge < -0.3 is 15.2 Å². The van der Waals surface area contributed by atoms with Gasteiger partial charge in [0.2, 0.25) is 0 Å². The Hall–Kier alpha value is -0.730. The van der Waals surface area contributed by atoms with E-state index in [1.807, 2.05) is 6.07 Å². The third-order valence-electron chi connectivity index (χ3n) is 5.76. The maximum atomic E-state index is 12.6. The SMILES string of the molecule is C[C@@H]1CN(CC(c2cccc(OC(F)(F)F)c2)C2(O)CCCCC2)CCN1.Cl.Cl. The second kappa shape index (κ2) is 11.0. The molecular weight excluding hydrogens is 428 g/mol. The predicted octanol–water partition coefficient (Wildman–Crippen LogP) is 4.50. The maximum Gasteiger partial charge on any atom is 0.573 e. The summed E-state index contributed by atoms with van der Waals surface area (Å²) >= 11 is 0. The molecule has 2 N–H and O–H groups in total. The third kappa shape index (κ3) is 7.47. The molecule has 0 bridgehead atoms. The molecule has 0 amide bonds. The summed E-state index contributed by atoms with van der Waals surface area (Å²) in [4.78, 5) is 2.30. The van der Waals surface area contributed by atoms with Gasteiger partial charge in [-0.05, 0) is 37.5 Å². The highest BCUT2D eigenvalue weighted by atomic mass is 35.5. The number of halogens is 5. The van der Waals surface area contributed by atoms with Gasteiger partial charge in [0, 0.05) is 38.1 Å². The predicted molar refractivity (Wildman–Crippen MR) is 112 cm³/mol. The van der Waals surface area contributed by atoms with Gasteiger partial charge in [-0.3, -0.25) is 4.90 Å². The zero-order valence-electron chi connectivity index (χ0n) is 16.6. The zero-order valence-corrected chi connectivity index (χ0v) is 18.2. The lowest BCUT2D eigenvalue weighted by molar-refractivity contribution is -0.274. The summed E-state index contributed by atoms with van der Waals surface area (Å²) in [5, 5.41) is 14.8. The fraction of sp³-hybridized carbons (Fsp3) is 0.700. The van der Waals surface area contributed by atoms with E-state index in [-0.39, 0.29) is 36.5 Å². The minimum atomic E-state index is -4.72. The zero-order chi connectivity index (χ0) is 19.5. The summed E-state index contributed by atoms with van der Waals surface area (Å²) in [7, 11) is 0. The van der Waals surface area contributed by atoms with Crippen LogP contribution in [0.25, 0.3) is 0 Å². The number of hydrogen-bond donors (Lipinski definition) is 2. The summed E-state index contributed by atoms with van der Waals surface area (Å²) < 4.78 is 42.0. The molecule has 168 valence electrons. The Morgan fingerprint density at radius 3 is 2.55 bits per heavy atom. The van der Waals surface area contributed by atoms with E-state index in [0.717, 1.165) is 38.9 Å². The van der Waals surface area contributed by atoms with Crippen LogP contribution >= 0.6 is 24.8 Å². The first-order chi connectivity index (χ1) is 12.8. The number of rotatable bonds is 5. The Morgan fingerprint density at radius 2 is 1.93 bits per heavy atom. The minimum Gasteiger partial charge on any atom is -0.406 e. The van der Waals surface area contributed by atoms with Crippen molar-refractivity contribution in [3.8, 4) is 5.75 Å². The van der Waals surface area contributed by atoms with Crippen molar-refractivity contribution >= 4 is 24.8 Å². The van der Waals surface area contributed by atoms with Crippen molar-refractivity contribution in [3.63, 3.8) is 0 Å². The van der Waals surface area contributed by atoms with E-state index in [9.17, 15) is 18.3 Å². The molecule has 1 saturated heterocycles. The van der Waals surface area contributed by atoms with Gasteiger partial charge in [-0.1, -0.05) is 31.4 Å². The Bertz CT molecular complexity index is 628. The van der Waals surface area contributed by atoms with Crippen LogP contribution < -0.4 is 10.1 Å². The first kappa shape index (κ1) is 26.3.